The highest BCUT2D eigenvalue weighted by molar-refractivity contribution is 6.31. The van der Waals surface area contributed by atoms with Gasteiger partial charge in [-0.2, -0.15) is 13.2 Å². The Bertz CT molecular complexity index is 681. The van der Waals surface area contributed by atoms with Gasteiger partial charge in [0.1, 0.15) is 5.82 Å². The molecule has 23 heavy (non-hydrogen) atoms. The number of alkyl halides is 3. The molecule has 0 heterocycles. The second-order valence-electron chi connectivity index (χ2n) is 5.83. The third-order valence-corrected chi connectivity index (χ3v) is 4.87. The van der Waals surface area contributed by atoms with Crippen molar-refractivity contribution in [2.45, 2.75) is 26.4 Å². The van der Waals surface area contributed by atoms with Crippen LogP contribution in [-0.2, 0) is 9.53 Å². The van der Waals surface area contributed by atoms with Crippen LogP contribution in [0.15, 0.2) is 23.8 Å². The molecule has 7 heteroatoms. The van der Waals surface area contributed by atoms with Gasteiger partial charge in [-0.25, -0.2) is 9.18 Å². The molecule has 126 valence electrons. The lowest BCUT2D eigenvalue weighted by molar-refractivity contribution is -0.225. The Hall–Kier alpha value is -1.56. The molecule has 0 amide bonds. The first-order valence-electron chi connectivity index (χ1n) is 6.86. The van der Waals surface area contributed by atoms with Gasteiger partial charge in [-0.15, -0.1) is 0 Å². The first-order chi connectivity index (χ1) is 10.5. The highest BCUT2D eigenvalue weighted by Gasteiger charge is 2.60. The average Bonchev–Trinajstić information content (AvgIpc) is 2.74. The SMILES string of the molecule is COC(=O)C1=C(c2ccc(F)c(Cl)c2)CC(C)(C(F)(F)F)C1C. The number of ether oxygens (including phenoxy) is 1. The van der Waals surface area contributed by atoms with E-state index in [1.165, 1.54) is 19.1 Å². The van der Waals surface area contributed by atoms with Crippen LogP contribution in [-0.4, -0.2) is 19.3 Å². The number of hydrogen-bond acceptors (Lipinski definition) is 2. The minimum Gasteiger partial charge on any atom is -0.466 e. The molecule has 1 aliphatic carbocycles. The van der Waals surface area contributed by atoms with Crippen LogP contribution < -0.4 is 0 Å². The summed E-state index contributed by atoms with van der Waals surface area (Å²) in [5, 5.41) is -0.215. The molecule has 1 aromatic carbocycles. The largest absolute Gasteiger partial charge is 0.466 e. The molecule has 0 bridgehead atoms. The molecule has 1 aromatic rings. The maximum atomic E-state index is 13.5. The Labute approximate surface area is 136 Å². The minimum absolute atomic E-state index is 0.0463. The fourth-order valence-electron chi connectivity index (χ4n) is 2.89. The van der Waals surface area contributed by atoms with Gasteiger partial charge in [-0.05, 0) is 29.7 Å². The predicted octanol–water partition coefficient (Wildman–Crippen LogP) is 5.01. The highest BCUT2D eigenvalue weighted by Crippen LogP contribution is 2.58. The minimum atomic E-state index is -4.50. The van der Waals surface area contributed by atoms with Crippen LogP contribution in [0.25, 0.3) is 5.57 Å². The standard InChI is InChI=1S/C16H15ClF4O2/c1-8-13(14(22)23-3)10(7-15(8,2)16(19,20)21)9-4-5-12(18)11(17)6-9/h4-6,8H,7H2,1-3H3. The summed E-state index contributed by atoms with van der Waals surface area (Å²) in [5.74, 6) is -2.59. The summed E-state index contributed by atoms with van der Waals surface area (Å²) in [6, 6.07) is 3.60. The first kappa shape index (κ1) is 17.8. The van der Waals surface area contributed by atoms with Gasteiger partial charge in [0, 0.05) is 11.5 Å². The molecule has 2 nitrogen and oxygen atoms in total. The smallest absolute Gasteiger partial charge is 0.395 e. The molecular formula is C16H15ClF4O2. The van der Waals surface area contributed by atoms with Gasteiger partial charge in [-0.1, -0.05) is 31.5 Å². The molecular weight excluding hydrogens is 336 g/mol. The van der Waals surface area contributed by atoms with Crippen molar-refractivity contribution in [3.05, 3.63) is 40.2 Å². The van der Waals surface area contributed by atoms with E-state index in [2.05, 4.69) is 4.74 Å². The number of halogens is 5. The Balaban J connectivity index is 2.62. The third-order valence-electron chi connectivity index (χ3n) is 4.58. The lowest BCUT2D eigenvalue weighted by atomic mass is 9.77. The summed E-state index contributed by atoms with van der Waals surface area (Å²) in [7, 11) is 1.11. The van der Waals surface area contributed by atoms with Crippen molar-refractivity contribution >= 4 is 23.1 Å². The number of carbonyl (C=O) groups is 1. The summed E-state index contributed by atoms with van der Waals surface area (Å²) in [6.07, 6.45) is -4.90. The lowest BCUT2D eigenvalue weighted by Gasteiger charge is -2.32. The van der Waals surface area contributed by atoms with E-state index in [-0.39, 0.29) is 21.7 Å². The maximum Gasteiger partial charge on any atom is 0.395 e. The van der Waals surface area contributed by atoms with Crippen LogP contribution in [0.2, 0.25) is 5.02 Å². The zero-order valence-electron chi connectivity index (χ0n) is 12.7. The zero-order chi connectivity index (χ0) is 17.6. The zero-order valence-corrected chi connectivity index (χ0v) is 13.5. The molecule has 0 N–H and O–H groups in total. The van der Waals surface area contributed by atoms with E-state index >= 15 is 0 Å². The molecule has 0 spiro atoms. The van der Waals surface area contributed by atoms with E-state index in [0.29, 0.717) is 0 Å². The van der Waals surface area contributed by atoms with E-state index in [4.69, 9.17) is 11.6 Å². The molecule has 1 aliphatic rings. The van der Waals surface area contributed by atoms with E-state index in [0.717, 1.165) is 20.1 Å². The molecule has 2 unspecified atom stereocenters. The van der Waals surface area contributed by atoms with Gasteiger partial charge >= 0.3 is 12.1 Å². The molecule has 0 aliphatic heterocycles. The third kappa shape index (κ3) is 2.84. The van der Waals surface area contributed by atoms with Crippen LogP contribution in [0.3, 0.4) is 0 Å². The maximum absolute atomic E-state index is 13.5. The fourth-order valence-corrected chi connectivity index (χ4v) is 3.07. The quantitative estimate of drug-likeness (QED) is 0.553. The molecule has 2 rings (SSSR count). The van der Waals surface area contributed by atoms with Gasteiger partial charge in [0.15, 0.2) is 0 Å². The Kier molecular flexibility index (Phi) is 4.50. The van der Waals surface area contributed by atoms with Crippen molar-refractivity contribution in [1.29, 1.82) is 0 Å². The normalized spacial score (nSPS) is 25.0. The molecule has 0 saturated carbocycles. The summed E-state index contributed by atoms with van der Waals surface area (Å²) in [6.45, 7) is 2.41. The molecule has 0 fully saturated rings. The van der Waals surface area contributed by atoms with Crippen LogP contribution in [0, 0.1) is 17.2 Å². The van der Waals surface area contributed by atoms with Gasteiger partial charge < -0.3 is 4.74 Å². The predicted molar refractivity (Wildman–Crippen MR) is 78.3 cm³/mol. The van der Waals surface area contributed by atoms with Gasteiger partial charge in [-0.3, -0.25) is 0 Å². The van der Waals surface area contributed by atoms with E-state index < -0.39 is 35.7 Å². The highest BCUT2D eigenvalue weighted by atomic mass is 35.5. The topological polar surface area (TPSA) is 26.3 Å². The molecule has 2 atom stereocenters. The number of benzene rings is 1. The number of rotatable bonds is 2. The number of esters is 1. The monoisotopic (exact) mass is 350 g/mol. The van der Waals surface area contributed by atoms with Crippen LogP contribution in [0.5, 0.6) is 0 Å². The van der Waals surface area contributed by atoms with Crippen molar-refractivity contribution < 1.29 is 27.1 Å². The van der Waals surface area contributed by atoms with Crippen LogP contribution in [0.4, 0.5) is 17.6 Å². The van der Waals surface area contributed by atoms with E-state index in [1.54, 1.807) is 0 Å². The van der Waals surface area contributed by atoms with E-state index in [9.17, 15) is 22.4 Å². The Morgan fingerprint density at radius 2 is 2.00 bits per heavy atom. The Morgan fingerprint density at radius 1 is 1.39 bits per heavy atom. The fraction of sp³-hybridized carbons (Fsp3) is 0.438. The summed E-state index contributed by atoms with van der Waals surface area (Å²) < 4.78 is 58.5. The Morgan fingerprint density at radius 3 is 2.48 bits per heavy atom. The van der Waals surface area contributed by atoms with Gasteiger partial charge in [0.25, 0.3) is 0 Å². The molecule has 0 radical (unpaired) electrons. The number of allylic oxidation sites excluding steroid dienone is 1. The molecule has 0 saturated heterocycles. The second-order valence-corrected chi connectivity index (χ2v) is 6.23. The van der Waals surface area contributed by atoms with Crippen molar-refractivity contribution in [1.82, 2.24) is 0 Å². The van der Waals surface area contributed by atoms with Gasteiger partial charge in [0.05, 0.1) is 17.5 Å². The lowest BCUT2D eigenvalue weighted by Crippen LogP contribution is -2.39. The van der Waals surface area contributed by atoms with Gasteiger partial charge in [0.2, 0.25) is 0 Å². The van der Waals surface area contributed by atoms with Crippen LogP contribution >= 0.6 is 11.6 Å². The first-order valence-corrected chi connectivity index (χ1v) is 7.24. The van der Waals surface area contributed by atoms with Crippen molar-refractivity contribution in [2.75, 3.05) is 7.11 Å². The summed E-state index contributed by atoms with van der Waals surface area (Å²) in [5.41, 5.74) is -1.68. The molecule has 0 aromatic heterocycles. The number of hydrogen-bond donors (Lipinski definition) is 0. The van der Waals surface area contributed by atoms with Crippen LogP contribution in [0.1, 0.15) is 25.8 Å². The van der Waals surface area contributed by atoms with Crippen molar-refractivity contribution in [2.24, 2.45) is 11.3 Å². The number of carbonyl (C=O) groups excluding carboxylic acids is 1. The average molecular weight is 351 g/mol. The summed E-state index contributed by atoms with van der Waals surface area (Å²) >= 11 is 5.71. The van der Waals surface area contributed by atoms with Crippen molar-refractivity contribution in [3.8, 4) is 0 Å². The van der Waals surface area contributed by atoms with Crippen molar-refractivity contribution in [3.63, 3.8) is 0 Å². The summed E-state index contributed by atoms with van der Waals surface area (Å²) in [4.78, 5) is 12.0. The second kappa shape index (κ2) is 5.82. The number of methoxy groups -OCH3 is 1. The van der Waals surface area contributed by atoms with E-state index in [1.807, 2.05) is 0 Å².